The van der Waals surface area contributed by atoms with Crippen molar-refractivity contribution in [1.29, 1.82) is 0 Å². The molecule has 0 heterocycles. The van der Waals surface area contributed by atoms with Gasteiger partial charge in [-0.05, 0) is 31.7 Å². The summed E-state index contributed by atoms with van der Waals surface area (Å²) in [5, 5.41) is 9.60. The first-order chi connectivity index (χ1) is 6.23. The quantitative estimate of drug-likeness (QED) is 0.749. The number of hydrogen-bond donors (Lipinski definition) is 1. The average molecular weight is 176 g/mol. The van der Waals surface area contributed by atoms with E-state index >= 15 is 0 Å². The zero-order valence-corrected chi connectivity index (χ0v) is 8.03. The lowest BCUT2D eigenvalue weighted by atomic mass is 9.92. The third-order valence-corrected chi connectivity index (χ3v) is 3.18. The van der Waals surface area contributed by atoms with Gasteiger partial charge in [0.15, 0.2) is 0 Å². The highest BCUT2D eigenvalue weighted by atomic mass is 16.3. The second-order valence-corrected chi connectivity index (χ2v) is 4.20. The number of benzene rings is 1. The molecule has 2 rings (SSSR count). The molecule has 0 radical (unpaired) electrons. The van der Waals surface area contributed by atoms with Gasteiger partial charge in [0, 0.05) is 5.41 Å². The molecule has 0 aromatic heterocycles. The molecule has 70 valence electrons. The standard InChI is InChI=1S/C12H16O/c1-10(13)12(7-8-12)9-11-5-3-2-4-6-11/h2-6,10,13H,7-9H2,1H3. The first-order valence-electron chi connectivity index (χ1n) is 4.95. The molecule has 1 N–H and O–H groups in total. The lowest BCUT2D eigenvalue weighted by molar-refractivity contribution is 0.110. The maximum Gasteiger partial charge on any atom is 0.0571 e. The van der Waals surface area contributed by atoms with Gasteiger partial charge in [-0.3, -0.25) is 0 Å². The van der Waals surface area contributed by atoms with Gasteiger partial charge < -0.3 is 5.11 Å². The van der Waals surface area contributed by atoms with Gasteiger partial charge in [0.2, 0.25) is 0 Å². The van der Waals surface area contributed by atoms with Crippen molar-refractivity contribution < 1.29 is 5.11 Å². The van der Waals surface area contributed by atoms with Crippen LogP contribution in [0, 0.1) is 5.41 Å². The summed E-state index contributed by atoms with van der Waals surface area (Å²) >= 11 is 0. The van der Waals surface area contributed by atoms with Crippen LogP contribution in [0.5, 0.6) is 0 Å². The second kappa shape index (κ2) is 3.15. The lowest BCUT2D eigenvalue weighted by Gasteiger charge is -2.18. The second-order valence-electron chi connectivity index (χ2n) is 4.20. The van der Waals surface area contributed by atoms with Gasteiger partial charge in [-0.15, -0.1) is 0 Å². The highest BCUT2D eigenvalue weighted by Gasteiger charge is 2.46. The highest BCUT2D eigenvalue weighted by molar-refractivity contribution is 5.19. The van der Waals surface area contributed by atoms with Gasteiger partial charge in [0.05, 0.1) is 6.10 Å². The predicted octanol–water partition coefficient (Wildman–Crippen LogP) is 2.39. The zero-order valence-electron chi connectivity index (χ0n) is 8.03. The predicted molar refractivity (Wildman–Crippen MR) is 53.5 cm³/mol. The first kappa shape index (κ1) is 8.76. The van der Waals surface area contributed by atoms with E-state index in [1.165, 1.54) is 18.4 Å². The summed E-state index contributed by atoms with van der Waals surface area (Å²) in [5.41, 5.74) is 1.56. The summed E-state index contributed by atoms with van der Waals surface area (Å²) < 4.78 is 0. The summed E-state index contributed by atoms with van der Waals surface area (Å²) in [5.74, 6) is 0. The molecule has 1 aliphatic rings. The Balaban J connectivity index is 2.07. The van der Waals surface area contributed by atoms with E-state index in [1.54, 1.807) is 0 Å². The molecule has 1 unspecified atom stereocenters. The Morgan fingerprint density at radius 1 is 1.31 bits per heavy atom. The first-order valence-corrected chi connectivity index (χ1v) is 4.95. The van der Waals surface area contributed by atoms with Crippen molar-refractivity contribution in [1.82, 2.24) is 0 Å². The van der Waals surface area contributed by atoms with Crippen LogP contribution in [0.15, 0.2) is 30.3 Å². The van der Waals surface area contributed by atoms with Crippen molar-refractivity contribution in [2.45, 2.75) is 32.3 Å². The minimum absolute atomic E-state index is 0.160. The van der Waals surface area contributed by atoms with Crippen molar-refractivity contribution >= 4 is 0 Å². The van der Waals surface area contributed by atoms with Crippen LogP contribution in [0.3, 0.4) is 0 Å². The molecule has 1 aromatic carbocycles. The minimum Gasteiger partial charge on any atom is -0.393 e. The van der Waals surface area contributed by atoms with E-state index in [4.69, 9.17) is 0 Å². The number of rotatable bonds is 3. The highest BCUT2D eigenvalue weighted by Crippen LogP contribution is 2.51. The van der Waals surface area contributed by atoms with Gasteiger partial charge in [0.1, 0.15) is 0 Å². The van der Waals surface area contributed by atoms with Crippen LogP contribution in [-0.2, 0) is 6.42 Å². The van der Waals surface area contributed by atoms with Crippen molar-refractivity contribution in [2.24, 2.45) is 5.41 Å². The summed E-state index contributed by atoms with van der Waals surface area (Å²) in [7, 11) is 0. The smallest absolute Gasteiger partial charge is 0.0571 e. The van der Waals surface area contributed by atoms with Crippen LogP contribution in [0.1, 0.15) is 25.3 Å². The Hall–Kier alpha value is -0.820. The maximum absolute atomic E-state index is 9.60. The van der Waals surface area contributed by atoms with E-state index in [1.807, 2.05) is 13.0 Å². The molecular weight excluding hydrogens is 160 g/mol. The fraction of sp³-hybridized carbons (Fsp3) is 0.500. The third-order valence-electron chi connectivity index (χ3n) is 3.18. The van der Waals surface area contributed by atoms with Crippen molar-refractivity contribution in [3.63, 3.8) is 0 Å². The third kappa shape index (κ3) is 1.75. The maximum atomic E-state index is 9.60. The molecule has 1 aliphatic carbocycles. The van der Waals surface area contributed by atoms with Crippen LogP contribution >= 0.6 is 0 Å². The number of hydrogen-bond acceptors (Lipinski definition) is 1. The van der Waals surface area contributed by atoms with E-state index in [-0.39, 0.29) is 11.5 Å². The van der Waals surface area contributed by atoms with Gasteiger partial charge >= 0.3 is 0 Å². The van der Waals surface area contributed by atoms with Crippen LogP contribution in [0.2, 0.25) is 0 Å². The summed E-state index contributed by atoms with van der Waals surface area (Å²) in [6, 6.07) is 10.4. The Labute approximate surface area is 79.4 Å². The van der Waals surface area contributed by atoms with E-state index in [9.17, 15) is 5.11 Å². The van der Waals surface area contributed by atoms with Crippen LogP contribution < -0.4 is 0 Å². The van der Waals surface area contributed by atoms with Crippen molar-refractivity contribution in [2.75, 3.05) is 0 Å². The molecule has 1 fully saturated rings. The molecule has 0 bridgehead atoms. The molecule has 0 amide bonds. The molecule has 1 nitrogen and oxygen atoms in total. The van der Waals surface area contributed by atoms with Gasteiger partial charge in [-0.2, -0.15) is 0 Å². The Bertz CT molecular complexity index is 272. The summed E-state index contributed by atoms with van der Waals surface area (Å²) in [6.45, 7) is 1.91. The Morgan fingerprint density at radius 2 is 1.92 bits per heavy atom. The van der Waals surface area contributed by atoms with Gasteiger partial charge in [-0.25, -0.2) is 0 Å². The van der Waals surface area contributed by atoms with Crippen molar-refractivity contribution in [3.05, 3.63) is 35.9 Å². The van der Waals surface area contributed by atoms with E-state index in [0.29, 0.717) is 0 Å². The van der Waals surface area contributed by atoms with Gasteiger partial charge in [0.25, 0.3) is 0 Å². The molecule has 1 saturated carbocycles. The molecule has 1 heteroatoms. The van der Waals surface area contributed by atoms with Gasteiger partial charge in [-0.1, -0.05) is 30.3 Å². The molecule has 1 atom stereocenters. The van der Waals surface area contributed by atoms with E-state index < -0.39 is 0 Å². The molecule has 0 spiro atoms. The number of aliphatic hydroxyl groups is 1. The zero-order chi connectivity index (χ0) is 9.31. The molecule has 0 saturated heterocycles. The number of aliphatic hydroxyl groups excluding tert-OH is 1. The SMILES string of the molecule is CC(O)C1(Cc2ccccc2)CC1. The van der Waals surface area contributed by atoms with E-state index in [2.05, 4.69) is 24.3 Å². The molecule has 1 aromatic rings. The Kier molecular flexibility index (Phi) is 2.12. The van der Waals surface area contributed by atoms with Crippen molar-refractivity contribution in [3.8, 4) is 0 Å². The van der Waals surface area contributed by atoms with Crippen LogP contribution in [0.4, 0.5) is 0 Å². The lowest BCUT2D eigenvalue weighted by Crippen LogP contribution is -2.20. The normalized spacial score (nSPS) is 21.1. The molecule has 0 aliphatic heterocycles. The fourth-order valence-corrected chi connectivity index (χ4v) is 1.91. The largest absolute Gasteiger partial charge is 0.393 e. The Morgan fingerprint density at radius 3 is 2.38 bits per heavy atom. The monoisotopic (exact) mass is 176 g/mol. The van der Waals surface area contributed by atoms with Crippen LogP contribution in [0.25, 0.3) is 0 Å². The molecular formula is C12H16O. The summed E-state index contributed by atoms with van der Waals surface area (Å²) in [6.07, 6.45) is 3.23. The minimum atomic E-state index is -0.160. The topological polar surface area (TPSA) is 20.2 Å². The average Bonchev–Trinajstić information content (AvgIpc) is 2.87. The molecule has 13 heavy (non-hydrogen) atoms. The van der Waals surface area contributed by atoms with E-state index in [0.717, 1.165) is 6.42 Å². The van der Waals surface area contributed by atoms with Crippen LogP contribution in [-0.4, -0.2) is 11.2 Å². The fourth-order valence-electron chi connectivity index (χ4n) is 1.91. The summed E-state index contributed by atoms with van der Waals surface area (Å²) in [4.78, 5) is 0.